The van der Waals surface area contributed by atoms with Gasteiger partial charge in [-0.2, -0.15) is 0 Å². The molecule has 2 N–H and O–H groups in total. The molecule has 0 saturated carbocycles. The zero-order valence-corrected chi connectivity index (χ0v) is 14.8. The number of rotatable bonds is 7. The summed E-state index contributed by atoms with van der Waals surface area (Å²) in [5, 5.41) is 0. The Bertz CT molecular complexity index is 890. The lowest BCUT2D eigenvalue weighted by molar-refractivity contribution is 0.340. The summed E-state index contributed by atoms with van der Waals surface area (Å²) in [6.45, 7) is 2.38. The predicted molar refractivity (Wildman–Crippen MR) is 91.1 cm³/mol. The van der Waals surface area contributed by atoms with Gasteiger partial charge in [0.1, 0.15) is 5.75 Å². The molecule has 9 heteroatoms. The van der Waals surface area contributed by atoms with Crippen molar-refractivity contribution in [1.29, 1.82) is 0 Å². The van der Waals surface area contributed by atoms with E-state index < -0.39 is 20.0 Å². The molecule has 0 radical (unpaired) electrons. The molecule has 0 bridgehead atoms. The van der Waals surface area contributed by atoms with E-state index in [-0.39, 0.29) is 9.79 Å². The van der Waals surface area contributed by atoms with E-state index in [9.17, 15) is 16.8 Å². The fourth-order valence-electron chi connectivity index (χ4n) is 1.92. The molecule has 0 amide bonds. The Balaban J connectivity index is 2.21. The van der Waals surface area contributed by atoms with Gasteiger partial charge in [-0.1, -0.05) is 0 Å². The molecular weight excluding hydrogens is 352 g/mol. The van der Waals surface area contributed by atoms with Gasteiger partial charge in [0.25, 0.3) is 10.0 Å². The highest BCUT2D eigenvalue weighted by Crippen LogP contribution is 2.20. The van der Waals surface area contributed by atoms with Crippen LogP contribution in [-0.4, -0.2) is 30.5 Å². The van der Waals surface area contributed by atoms with Crippen LogP contribution in [0, 0.1) is 0 Å². The van der Waals surface area contributed by atoms with Crippen LogP contribution in [0.15, 0.2) is 58.3 Å². The van der Waals surface area contributed by atoms with Crippen LogP contribution in [0.2, 0.25) is 0 Å². The summed E-state index contributed by atoms with van der Waals surface area (Å²) >= 11 is 0. The minimum atomic E-state index is -3.81. The summed E-state index contributed by atoms with van der Waals surface area (Å²) in [5.41, 5.74) is 0.380. The zero-order chi connectivity index (χ0) is 17.8. The van der Waals surface area contributed by atoms with E-state index in [1.165, 1.54) is 31.3 Å². The summed E-state index contributed by atoms with van der Waals surface area (Å²) < 4.78 is 57.9. The van der Waals surface area contributed by atoms with Crippen LogP contribution in [0.4, 0.5) is 5.69 Å². The molecule has 2 rings (SSSR count). The van der Waals surface area contributed by atoms with Crippen molar-refractivity contribution in [2.24, 2.45) is 0 Å². The lowest BCUT2D eigenvalue weighted by atomic mass is 10.3. The monoisotopic (exact) mass is 370 g/mol. The van der Waals surface area contributed by atoms with Crippen molar-refractivity contribution < 1.29 is 21.6 Å². The number of hydrogen-bond acceptors (Lipinski definition) is 5. The van der Waals surface area contributed by atoms with Crippen molar-refractivity contribution in [3.05, 3.63) is 48.5 Å². The lowest BCUT2D eigenvalue weighted by Gasteiger charge is -2.10. The Labute approximate surface area is 141 Å². The van der Waals surface area contributed by atoms with Crippen LogP contribution in [0.3, 0.4) is 0 Å². The van der Waals surface area contributed by atoms with Crippen LogP contribution in [-0.2, 0) is 20.0 Å². The Morgan fingerprint density at radius 3 is 1.79 bits per heavy atom. The Morgan fingerprint density at radius 1 is 0.833 bits per heavy atom. The highest BCUT2D eigenvalue weighted by molar-refractivity contribution is 7.92. The standard InChI is InChI=1S/C15H18N2O5S2/c1-3-22-13-6-4-12(5-7-13)17-24(20,21)15-10-8-14(9-11-15)23(18,19)16-2/h4-11,16-17H,3H2,1-2H3. The number of sulfonamides is 2. The highest BCUT2D eigenvalue weighted by Gasteiger charge is 2.17. The van der Waals surface area contributed by atoms with Gasteiger partial charge in [-0.25, -0.2) is 21.6 Å². The third-order valence-corrected chi connectivity index (χ3v) is 5.96. The van der Waals surface area contributed by atoms with Gasteiger partial charge in [0, 0.05) is 5.69 Å². The van der Waals surface area contributed by atoms with E-state index >= 15 is 0 Å². The maximum Gasteiger partial charge on any atom is 0.261 e. The molecule has 2 aromatic rings. The number of benzene rings is 2. The average Bonchev–Trinajstić information content (AvgIpc) is 2.57. The molecular formula is C15H18N2O5S2. The Hall–Kier alpha value is -2.10. The minimum absolute atomic E-state index is 0.00924. The van der Waals surface area contributed by atoms with Crippen LogP contribution in [0.1, 0.15) is 6.92 Å². The molecule has 0 saturated heterocycles. The first-order valence-electron chi connectivity index (χ1n) is 7.08. The zero-order valence-electron chi connectivity index (χ0n) is 13.2. The quantitative estimate of drug-likeness (QED) is 0.774. The van der Waals surface area contributed by atoms with Crippen LogP contribution in [0.5, 0.6) is 5.75 Å². The molecule has 0 aliphatic rings. The molecule has 0 atom stereocenters. The van der Waals surface area contributed by atoms with Gasteiger partial charge in [0.05, 0.1) is 16.4 Å². The third kappa shape index (κ3) is 4.25. The average molecular weight is 370 g/mol. The topological polar surface area (TPSA) is 102 Å². The van der Waals surface area contributed by atoms with E-state index in [2.05, 4.69) is 9.44 Å². The number of nitrogens with one attached hydrogen (secondary N) is 2. The smallest absolute Gasteiger partial charge is 0.261 e. The first-order valence-corrected chi connectivity index (χ1v) is 10.0. The molecule has 0 unspecified atom stereocenters. The second kappa shape index (κ2) is 7.20. The fraction of sp³-hybridized carbons (Fsp3) is 0.200. The first kappa shape index (κ1) is 18.2. The van der Waals surface area contributed by atoms with Crippen molar-refractivity contribution in [3.8, 4) is 5.75 Å². The van der Waals surface area contributed by atoms with Crippen LogP contribution >= 0.6 is 0 Å². The lowest BCUT2D eigenvalue weighted by Crippen LogP contribution is -2.19. The van der Waals surface area contributed by atoms with Crippen LogP contribution in [0.25, 0.3) is 0 Å². The Morgan fingerprint density at radius 2 is 1.33 bits per heavy atom. The minimum Gasteiger partial charge on any atom is -0.494 e. The van der Waals surface area contributed by atoms with E-state index in [0.717, 1.165) is 0 Å². The summed E-state index contributed by atoms with van der Waals surface area (Å²) in [4.78, 5) is -0.0449. The number of anilines is 1. The van der Waals surface area contributed by atoms with Crippen LogP contribution < -0.4 is 14.2 Å². The van der Waals surface area contributed by atoms with E-state index in [1.54, 1.807) is 24.3 Å². The summed E-state index contributed by atoms with van der Waals surface area (Å²) in [5.74, 6) is 0.641. The van der Waals surface area contributed by atoms with Gasteiger partial charge in [-0.3, -0.25) is 4.72 Å². The summed E-state index contributed by atoms with van der Waals surface area (Å²) in [6, 6.07) is 11.4. The van der Waals surface area contributed by atoms with E-state index in [4.69, 9.17) is 4.74 Å². The number of ether oxygens (including phenoxy) is 1. The molecule has 0 aliphatic heterocycles. The SMILES string of the molecule is CCOc1ccc(NS(=O)(=O)c2ccc(S(=O)(=O)NC)cc2)cc1. The molecule has 0 fully saturated rings. The van der Waals surface area contributed by atoms with Gasteiger partial charge in [-0.15, -0.1) is 0 Å². The maximum absolute atomic E-state index is 12.3. The maximum atomic E-state index is 12.3. The molecule has 0 heterocycles. The first-order chi connectivity index (χ1) is 11.3. The third-order valence-electron chi connectivity index (χ3n) is 3.13. The Kier molecular flexibility index (Phi) is 5.47. The van der Waals surface area contributed by atoms with Crippen molar-refractivity contribution in [3.63, 3.8) is 0 Å². The molecule has 0 aliphatic carbocycles. The molecule has 7 nitrogen and oxygen atoms in total. The second-order valence-corrected chi connectivity index (χ2v) is 8.31. The molecule has 0 aromatic heterocycles. The van der Waals surface area contributed by atoms with E-state index in [0.29, 0.717) is 18.0 Å². The molecule has 0 spiro atoms. The van der Waals surface area contributed by atoms with Crippen molar-refractivity contribution >= 4 is 25.7 Å². The van der Waals surface area contributed by atoms with Crippen molar-refractivity contribution in [2.45, 2.75) is 16.7 Å². The van der Waals surface area contributed by atoms with Crippen molar-refractivity contribution in [1.82, 2.24) is 4.72 Å². The second-order valence-electron chi connectivity index (χ2n) is 4.74. The largest absolute Gasteiger partial charge is 0.494 e. The van der Waals surface area contributed by atoms with Gasteiger partial charge < -0.3 is 4.74 Å². The highest BCUT2D eigenvalue weighted by atomic mass is 32.2. The summed E-state index contributed by atoms with van der Waals surface area (Å²) in [7, 11) is -6.14. The van der Waals surface area contributed by atoms with Gasteiger partial charge in [0.15, 0.2) is 0 Å². The van der Waals surface area contributed by atoms with Gasteiger partial charge in [0.2, 0.25) is 10.0 Å². The fourth-order valence-corrected chi connectivity index (χ4v) is 3.70. The van der Waals surface area contributed by atoms with Gasteiger partial charge >= 0.3 is 0 Å². The summed E-state index contributed by atoms with van der Waals surface area (Å²) in [6.07, 6.45) is 0. The van der Waals surface area contributed by atoms with Gasteiger partial charge in [-0.05, 0) is 62.5 Å². The predicted octanol–water partition coefficient (Wildman–Crippen LogP) is 1.79. The normalized spacial score (nSPS) is 11.9. The molecule has 130 valence electrons. The van der Waals surface area contributed by atoms with E-state index in [1.807, 2.05) is 6.92 Å². The molecule has 24 heavy (non-hydrogen) atoms. The molecule has 2 aromatic carbocycles. The van der Waals surface area contributed by atoms with Crippen molar-refractivity contribution in [2.75, 3.05) is 18.4 Å². The number of hydrogen-bond donors (Lipinski definition) is 2.